The van der Waals surface area contributed by atoms with Gasteiger partial charge in [-0.2, -0.15) is 0 Å². The summed E-state index contributed by atoms with van der Waals surface area (Å²) in [6.45, 7) is 0. The molecule has 14 heavy (non-hydrogen) atoms. The lowest BCUT2D eigenvalue weighted by Crippen LogP contribution is -2.19. The molecule has 1 fully saturated rings. The zero-order valence-electron chi connectivity index (χ0n) is 7.37. The van der Waals surface area contributed by atoms with E-state index in [2.05, 4.69) is 15.9 Å². The number of nitro groups is 1. The first kappa shape index (κ1) is 9.61. The first-order valence-corrected chi connectivity index (χ1v) is 5.06. The number of hydrogen-bond donors (Lipinski definition) is 1. The van der Waals surface area contributed by atoms with Gasteiger partial charge < -0.3 is 5.73 Å². The fourth-order valence-corrected chi connectivity index (χ4v) is 2.25. The molecule has 0 bridgehead atoms. The molecule has 2 rings (SSSR count). The molecule has 1 saturated carbocycles. The Labute approximate surface area is 89.4 Å². The maximum Gasteiger partial charge on any atom is 0.283 e. The molecule has 1 aliphatic carbocycles. The molecule has 1 aromatic carbocycles. The Bertz CT molecular complexity index is 402. The van der Waals surface area contributed by atoms with Gasteiger partial charge in [-0.25, -0.2) is 0 Å². The second-order valence-corrected chi connectivity index (χ2v) is 4.34. The van der Waals surface area contributed by atoms with Crippen molar-refractivity contribution in [3.05, 3.63) is 38.3 Å². The van der Waals surface area contributed by atoms with Gasteiger partial charge >= 0.3 is 0 Å². The van der Waals surface area contributed by atoms with E-state index in [0.717, 1.165) is 18.4 Å². The van der Waals surface area contributed by atoms with E-state index >= 15 is 0 Å². The SMILES string of the molecule is NC1(c2cccc([N+](=O)[O-])c2Br)CC1. The Morgan fingerprint density at radius 1 is 1.50 bits per heavy atom. The minimum atomic E-state index is -0.403. The topological polar surface area (TPSA) is 69.2 Å². The Balaban J connectivity index is 2.52. The first-order valence-electron chi connectivity index (χ1n) is 4.27. The zero-order chi connectivity index (χ0) is 10.3. The number of rotatable bonds is 2. The molecule has 0 unspecified atom stereocenters. The summed E-state index contributed by atoms with van der Waals surface area (Å²) in [5.41, 5.74) is 6.56. The molecule has 1 aliphatic rings. The smallest absolute Gasteiger partial charge is 0.283 e. The third kappa shape index (κ3) is 1.42. The number of nitrogens with zero attached hydrogens (tertiary/aromatic N) is 1. The average molecular weight is 257 g/mol. The van der Waals surface area contributed by atoms with Crippen LogP contribution in [0.5, 0.6) is 0 Å². The van der Waals surface area contributed by atoms with Crippen molar-refractivity contribution in [3.8, 4) is 0 Å². The van der Waals surface area contributed by atoms with Crippen molar-refractivity contribution in [1.82, 2.24) is 0 Å². The molecule has 0 spiro atoms. The summed E-state index contributed by atoms with van der Waals surface area (Å²) in [6, 6.07) is 4.98. The zero-order valence-corrected chi connectivity index (χ0v) is 8.95. The monoisotopic (exact) mass is 256 g/mol. The third-order valence-electron chi connectivity index (χ3n) is 2.50. The highest BCUT2D eigenvalue weighted by atomic mass is 79.9. The molecular weight excluding hydrogens is 248 g/mol. The molecule has 2 N–H and O–H groups in total. The van der Waals surface area contributed by atoms with Gasteiger partial charge in [0.2, 0.25) is 0 Å². The number of halogens is 1. The van der Waals surface area contributed by atoms with Crippen LogP contribution in [0.3, 0.4) is 0 Å². The highest BCUT2D eigenvalue weighted by molar-refractivity contribution is 9.10. The molecule has 0 atom stereocenters. The van der Waals surface area contributed by atoms with Crippen LogP contribution in [-0.2, 0) is 5.54 Å². The maximum atomic E-state index is 10.7. The van der Waals surface area contributed by atoms with Crippen LogP contribution in [-0.4, -0.2) is 4.92 Å². The van der Waals surface area contributed by atoms with Gasteiger partial charge in [-0.05, 0) is 34.3 Å². The van der Waals surface area contributed by atoms with Gasteiger partial charge in [-0.15, -0.1) is 0 Å². The molecule has 0 radical (unpaired) electrons. The standard InChI is InChI=1S/C9H9BrN2O2/c10-8-6(9(11)4-5-9)2-1-3-7(8)12(13)14/h1-3H,4-5,11H2. The average Bonchev–Trinajstić information content (AvgIpc) is 2.84. The lowest BCUT2D eigenvalue weighted by atomic mass is 10.1. The summed E-state index contributed by atoms with van der Waals surface area (Å²) < 4.78 is 0.519. The molecule has 4 nitrogen and oxygen atoms in total. The Morgan fingerprint density at radius 3 is 2.64 bits per heavy atom. The summed E-state index contributed by atoms with van der Waals surface area (Å²) in [5.74, 6) is 0. The second kappa shape index (κ2) is 3.03. The van der Waals surface area contributed by atoms with Crippen molar-refractivity contribution in [1.29, 1.82) is 0 Å². The minimum Gasteiger partial charge on any atom is -0.321 e. The van der Waals surface area contributed by atoms with Crippen LogP contribution in [0.4, 0.5) is 5.69 Å². The second-order valence-electron chi connectivity index (χ2n) is 3.55. The fraction of sp³-hybridized carbons (Fsp3) is 0.333. The first-order chi connectivity index (χ1) is 6.54. The molecule has 0 amide bonds. The van der Waals surface area contributed by atoms with Crippen LogP contribution >= 0.6 is 15.9 Å². The number of benzene rings is 1. The molecule has 0 aromatic heterocycles. The third-order valence-corrected chi connectivity index (χ3v) is 3.33. The van der Waals surface area contributed by atoms with Gasteiger partial charge in [0.15, 0.2) is 0 Å². The highest BCUT2D eigenvalue weighted by Gasteiger charge is 2.42. The van der Waals surface area contributed by atoms with Crippen LogP contribution < -0.4 is 5.73 Å². The van der Waals surface area contributed by atoms with E-state index in [1.807, 2.05) is 6.07 Å². The van der Waals surface area contributed by atoms with Crippen molar-refractivity contribution in [3.63, 3.8) is 0 Å². The summed E-state index contributed by atoms with van der Waals surface area (Å²) >= 11 is 3.24. The van der Waals surface area contributed by atoms with Crippen LogP contribution in [0.2, 0.25) is 0 Å². The Kier molecular flexibility index (Phi) is 2.08. The van der Waals surface area contributed by atoms with Crippen LogP contribution in [0.15, 0.2) is 22.7 Å². The van der Waals surface area contributed by atoms with Gasteiger partial charge in [0.05, 0.1) is 4.92 Å². The highest BCUT2D eigenvalue weighted by Crippen LogP contribution is 2.47. The van der Waals surface area contributed by atoms with Crippen molar-refractivity contribution >= 4 is 21.6 Å². The van der Waals surface area contributed by atoms with Gasteiger partial charge in [0.1, 0.15) is 4.47 Å². The number of nitrogens with two attached hydrogens (primary N) is 1. The molecule has 1 aromatic rings. The van der Waals surface area contributed by atoms with E-state index in [1.54, 1.807) is 6.07 Å². The van der Waals surface area contributed by atoms with Crippen molar-refractivity contribution in [2.75, 3.05) is 0 Å². The number of nitro benzene ring substituents is 1. The van der Waals surface area contributed by atoms with Gasteiger partial charge in [-0.3, -0.25) is 10.1 Å². The molecular formula is C9H9BrN2O2. The lowest BCUT2D eigenvalue weighted by molar-refractivity contribution is -0.385. The van der Waals surface area contributed by atoms with E-state index in [4.69, 9.17) is 5.73 Å². The molecule has 5 heteroatoms. The fourth-order valence-electron chi connectivity index (χ4n) is 1.45. The molecule has 74 valence electrons. The Morgan fingerprint density at radius 2 is 2.14 bits per heavy atom. The van der Waals surface area contributed by atoms with Crippen molar-refractivity contribution in [2.45, 2.75) is 18.4 Å². The quantitative estimate of drug-likeness (QED) is 0.652. The van der Waals surface area contributed by atoms with Gasteiger partial charge in [0.25, 0.3) is 5.69 Å². The van der Waals surface area contributed by atoms with E-state index in [1.165, 1.54) is 6.07 Å². The predicted molar refractivity (Wildman–Crippen MR) is 55.9 cm³/mol. The normalized spacial score (nSPS) is 17.9. The molecule has 0 saturated heterocycles. The van der Waals surface area contributed by atoms with Crippen molar-refractivity contribution < 1.29 is 4.92 Å². The van der Waals surface area contributed by atoms with E-state index < -0.39 is 4.92 Å². The van der Waals surface area contributed by atoms with E-state index in [-0.39, 0.29) is 11.2 Å². The number of hydrogen-bond acceptors (Lipinski definition) is 3. The van der Waals surface area contributed by atoms with E-state index in [9.17, 15) is 10.1 Å². The summed E-state index contributed by atoms with van der Waals surface area (Å²) in [4.78, 5) is 10.3. The summed E-state index contributed by atoms with van der Waals surface area (Å²) in [6.07, 6.45) is 1.79. The lowest BCUT2D eigenvalue weighted by Gasteiger charge is -2.10. The summed E-state index contributed by atoms with van der Waals surface area (Å²) in [5, 5.41) is 10.7. The van der Waals surface area contributed by atoms with Gasteiger partial charge in [0, 0.05) is 11.6 Å². The molecule has 0 aliphatic heterocycles. The van der Waals surface area contributed by atoms with Crippen LogP contribution in [0.1, 0.15) is 18.4 Å². The maximum absolute atomic E-state index is 10.7. The largest absolute Gasteiger partial charge is 0.321 e. The Hall–Kier alpha value is -0.940. The van der Waals surface area contributed by atoms with Crippen LogP contribution in [0.25, 0.3) is 0 Å². The minimum absolute atomic E-state index is 0.0826. The molecule has 0 heterocycles. The summed E-state index contributed by atoms with van der Waals surface area (Å²) in [7, 11) is 0. The predicted octanol–water partition coefficient (Wildman–Crippen LogP) is 2.31. The van der Waals surface area contributed by atoms with Gasteiger partial charge in [-0.1, -0.05) is 12.1 Å². The van der Waals surface area contributed by atoms with E-state index in [0.29, 0.717) is 4.47 Å². The van der Waals surface area contributed by atoms with Crippen molar-refractivity contribution in [2.24, 2.45) is 5.73 Å². The van der Waals surface area contributed by atoms with Crippen LogP contribution in [0, 0.1) is 10.1 Å².